The highest BCUT2D eigenvalue weighted by Gasteiger charge is 2.20. The molecule has 1 aliphatic carbocycles. The largest absolute Gasteiger partial charge is 0.321 e. The van der Waals surface area contributed by atoms with Gasteiger partial charge >= 0.3 is 0 Å². The van der Waals surface area contributed by atoms with Crippen molar-refractivity contribution >= 4 is 22.7 Å². The summed E-state index contributed by atoms with van der Waals surface area (Å²) >= 11 is 1.51. The zero-order valence-electron chi connectivity index (χ0n) is 13.2. The number of nitrogens with zero attached hydrogens (tertiary/aromatic N) is 1. The van der Waals surface area contributed by atoms with E-state index in [1.54, 1.807) is 0 Å². The Kier molecular flexibility index (Phi) is 6.72. The van der Waals surface area contributed by atoms with Crippen molar-refractivity contribution < 1.29 is 4.79 Å². The molecule has 4 heteroatoms. The predicted octanol–water partition coefficient (Wildman–Crippen LogP) is 4.16. The molecule has 1 saturated carbocycles. The Morgan fingerprint density at radius 3 is 2.59 bits per heavy atom. The van der Waals surface area contributed by atoms with E-state index in [9.17, 15) is 4.79 Å². The molecule has 0 bridgehead atoms. The van der Waals surface area contributed by atoms with Crippen molar-refractivity contribution in [3.05, 3.63) is 47.5 Å². The van der Waals surface area contributed by atoms with Crippen molar-refractivity contribution in [3.8, 4) is 0 Å². The molecule has 0 aromatic heterocycles. The van der Waals surface area contributed by atoms with Gasteiger partial charge in [0.25, 0.3) is 0 Å². The number of carbonyl (C=O) groups excluding carboxylic acids is 1. The summed E-state index contributed by atoms with van der Waals surface area (Å²) in [7, 11) is 1.83. The summed E-state index contributed by atoms with van der Waals surface area (Å²) in [4.78, 5) is 16.5. The molecule has 1 fully saturated rings. The molecule has 1 aromatic rings. The Bertz CT molecular complexity index is 533. The maximum absolute atomic E-state index is 12.0. The minimum Gasteiger partial charge on any atom is -0.321 e. The average molecular weight is 316 g/mol. The van der Waals surface area contributed by atoms with Crippen molar-refractivity contribution in [1.29, 1.82) is 0 Å². The lowest BCUT2D eigenvalue weighted by Crippen LogP contribution is -2.24. The lowest BCUT2D eigenvalue weighted by Gasteiger charge is -2.23. The van der Waals surface area contributed by atoms with Crippen LogP contribution in [0.2, 0.25) is 0 Å². The second-order valence-corrected chi connectivity index (χ2v) is 6.75. The molecule has 1 aliphatic rings. The second kappa shape index (κ2) is 8.79. The summed E-state index contributed by atoms with van der Waals surface area (Å²) in [5.74, 6) is 0.509. The molecule has 0 saturated heterocycles. The number of amides is 1. The standard InChI is InChI=1S/C18H24N2OS/c1-14(20-17(21)13-15-9-5-3-6-10-15)22-18(19-2)16-11-7-4-8-12-16/h3,5-6,9-10,16H,1,4,7-8,11-13H2,2H3,(H,20,21). The number of rotatable bonds is 5. The SMILES string of the molecule is C=C(NC(=O)Cc1ccccc1)SC(=NC)C1CCCCC1. The van der Waals surface area contributed by atoms with Crippen LogP contribution in [0.1, 0.15) is 37.7 Å². The minimum atomic E-state index is -0.0252. The monoisotopic (exact) mass is 316 g/mol. The number of hydrogen-bond donors (Lipinski definition) is 1. The molecule has 0 spiro atoms. The van der Waals surface area contributed by atoms with Crippen LogP contribution in [-0.2, 0) is 11.2 Å². The van der Waals surface area contributed by atoms with Gasteiger partial charge in [-0.3, -0.25) is 9.79 Å². The van der Waals surface area contributed by atoms with Gasteiger partial charge in [-0.25, -0.2) is 0 Å². The third kappa shape index (κ3) is 5.34. The fourth-order valence-corrected chi connectivity index (χ4v) is 3.70. The summed E-state index contributed by atoms with van der Waals surface area (Å²) in [5, 5.41) is 4.66. The first-order valence-electron chi connectivity index (χ1n) is 7.86. The van der Waals surface area contributed by atoms with E-state index in [1.165, 1.54) is 43.9 Å². The Balaban J connectivity index is 1.82. The van der Waals surface area contributed by atoms with Crippen LogP contribution in [0.4, 0.5) is 0 Å². The number of aliphatic imine (C=N–C) groups is 1. The van der Waals surface area contributed by atoms with E-state index in [1.807, 2.05) is 37.4 Å². The molecule has 0 unspecified atom stereocenters. The summed E-state index contributed by atoms with van der Waals surface area (Å²) in [6.45, 7) is 3.97. The van der Waals surface area contributed by atoms with E-state index in [-0.39, 0.29) is 5.91 Å². The zero-order valence-corrected chi connectivity index (χ0v) is 14.0. The van der Waals surface area contributed by atoms with E-state index in [0.29, 0.717) is 17.4 Å². The number of benzene rings is 1. The van der Waals surface area contributed by atoms with Crippen LogP contribution in [0.25, 0.3) is 0 Å². The van der Waals surface area contributed by atoms with Crippen LogP contribution in [0.3, 0.4) is 0 Å². The topological polar surface area (TPSA) is 41.5 Å². The zero-order chi connectivity index (χ0) is 15.8. The molecule has 2 rings (SSSR count). The molecule has 0 radical (unpaired) electrons. The van der Waals surface area contributed by atoms with Gasteiger partial charge in [0.1, 0.15) is 0 Å². The van der Waals surface area contributed by atoms with Gasteiger partial charge in [-0.15, -0.1) is 0 Å². The third-order valence-electron chi connectivity index (χ3n) is 3.89. The van der Waals surface area contributed by atoms with Gasteiger partial charge in [0.15, 0.2) is 0 Å². The molecule has 0 heterocycles. The van der Waals surface area contributed by atoms with Crippen LogP contribution in [0.5, 0.6) is 0 Å². The second-order valence-electron chi connectivity index (χ2n) is 5.63. The van der Waals surface area contributed by atoms with Crippen molar-refractivity contribution in [2.45, 2.75) is 38.5 Å². The number of thioether (sulfide) groups is 1. The number of carbonyl (C=O) groups is 1. The summed E-state index contributed by atoms with van der Waals surface area (Å²) in [5.41, 5.74) is 1.01. The summed E-state index contributed by atoms with van der Waals surface area (Å²) in [6, 6.07) is 9.74. The van der Waals surface area contributed by atoms with Gasteiger partial charge in [0.2, 0.25) is 5.91 Å². The molecule has 1 N–H and O–H groups in total. The van der Waals surface area contributed by atoms with Crippen LogP contribution in [0.15, 0.2) is 46.9 Å². The maximum Gasteiger partial charge on any atom is 0.229 e. The first-order chi connectivity index (χ1) is 10.7. The predicted molar refractivity (Wildman–Crippen MR) is 95.0 cm³/mol. The third-order valence-corrected chi connectivity index (χ3v) is 4.96. The first-order valence-corrected chi connectivity index (χ1v) is 8.68. The molecule has 118 valence electrons. The van der Waals surface area contributed by atoms with Gasteiger partial charge in [-0.2, -0.15) is 0 Å². The summed E-state index contributed by atoms with van der Waals surface area (Å²) < 4.78 is 0. The van der Waals surface area contributed by atoms with Gasteiger partial charge < -0.3 is 5.32 Å². The van der Waals surface area contributed by atoms with Crippen molar-refractivity contribution in [3.63, 3.8) is 0 Å². The first kappa shape index (κ1) is 16.8. The van der Waals surface area contributed by atoms with Crippen LogP contribution >= 0.6 is 11.8 Å². The highest BCUT2D eigenvalue weighted by atomic mass is 32.2. The number of nitrogens with one attached hydrogen (secondary N) is 1. The lowest BCUT2D eigenvalue weighted by atomic mass is 9.90. The van der Waals surface area contributed by atoms with Gasteiger partial charge in [0, 0.05) is 13.0 Å². The maximum atomic E-state index is 12.0. The van der Waals surface area contributed by atoms with E-state index >= 15 is 0 Å². The van der Waals surface area contributed by atoms with Crippen LogP contribution in [0, 0.1) is 5.92 Å². The smallest absolute Gasteiger partial charge is 0.229 e. The highest BCUT2D eigenvalue weighted by molar-refractivity contribution is 8.17. The highest BCUT2D eigenvalue weighted by Crippen LogP contribution is 2.30. The Hall–Kier alpha value is -1.55. The molecule has 1 amide bonds. The fourth-order valence-electron chi connectivity index (χ4n) is 2.79. The molecule has 0 atom stereocenters. The van der Waals surface area contributed by atoms with Gasteiger partial charge in [-0.05, 0) is 18.4 Å². The molecule has 0 aliphatic heterocycles. The molecular formula is C18H24N2OS. The van der Waals surface area contributed by atoms with E-state index in [0.717, 1.165) is 10.6 Å². The van der Waals surface area contributed by atoms with Gasteiger partial charge in [-0.1, -0.05) is 67.9 Å². The molecule has 22 heavy (non-hydrogen) atoms. The van der Waals surface area contributed by atoms with E-state index < -0.39 is 0 Å². The average Bonchev–Trinajstić information content (AvgIpc) is 2.54. The molecular weight excluding hydrogens is 292 g/mol. The lowest BCUT2D eigenvalue weighted by molar-refractivity contribution is -0.119. The van der Waals surface area contributed by atoms with Crippen molar-refractivity contribution in [2.75, 3.05) is 7.05 Å². The number of hydrogen-bond acceptors (Lipinski definition) is 3. The quantitative estimate of drug-likeness (QED) is 0.654. The van der Waals surface area contributed by atoms with Crippen molar-refractivity contribution in [2.24, 2.45) is 10.9 Å². The minimum absolute atomic E-state index is 0.0252. The Morgan fingerprint density at radius 2 is 1.95 bits per heavy atom. The van der Waals surface area contributed by atoms with E-state index in [2.05, 4.69) is 16.9 Å². The Morgan fingerprint density at radius 1 is 1.27 bits per heavy atom. The Labute approximate surface area is 137 Å². The fraction of sp³-hybridized carbons (Fsp3) is 0.444. The summed E-state index contributed by atoms with van der Waals surface area (Å²) in [6.07, 6.45) is 6.65. The molecule has 3 nitrogen and oxygen atoms in total. The van der Waals surface area contributed by atoms with Gasteiger partial charge in [0.05, 0.1) is 16.5 Å². The van der Waals surface area contributed by atoms with Crippen LogP contribution in [-0.4, -0.2) is 18.0 Å². The van der Waals surface area contributed by atoms with Crippen LogP contribution < -0.4 is 5.32 Å². The van der Waals surface area contributed by atoms with Crippen molar-refractivity contribution in [1.82, 2.24) is 5.32 Å². The normalized spacial score (nSPS) is 16.3. The molecule has 1 aromatic carbocycles. The van der Waals surface area contributed by atoms with E-state index in [4.69, 9.17) is 0 Å².